The summed E-state index contributed by atoms with van der Waals surface area (Å²) in [6.07, 6.45) is 2.06. The average molecular weight is 440 g/mol. The predicted octanol–water partition coefficient (Wildman–Crippen LogP) is 3.32. The van der Waals surface area contributed by atoms with Crippen LogP contribution in [0.15, 0.2) is 36.4 Å². The van der Waals surface area contributed by atoms with Crippen molar-refractivity contribution < 1.29 is 0 Å². The van der Waals surface area contributed by atoms with Crippen molar-refractivity contribution in [2.24, 2.45) is 0 Å². The maximum Gasteiger partial charge on any atom is 0.182 e. The normalized spacial score (nSPS) is 16.2. The van der Waals surface area contributed by atoms with Crippen LogP contribution in [-0.2, 0) is 6.54 Å². The van der Waals surface area contributed by atoms with Gasteiger partial charge in [-0.05, 0) is 14.0 Å². The van der Waals surface area contributed by atoms with Crippen molar-refractivity contribution in [2.75, 3.05) is 53.9 Å². The third-order valence-corrected chi connectivity index (χ3v) is 6.23. The van der Waals surface area contributed by atoms with E-state index in [1.807, 2.05) is 56.0 Å². The molecule has 8 heteroatoms. The molecule has 31 heavy (non-hydrogen) atoms. The summed E-state index contributed by atoms with van der Waals surface area (Å²) in [5, 5.41) is 15.5. The van der Waals surface area contributed by atoms with Crippen LogP contribution in [0.4, 0.5) is 0 Å². The van der Waals surface area contributed by atoms with Crippen molar-refractivity contribution in [3.63, 3.8) is 0 Å². The quantitative estimate of drug-likeness (QED) is 0.587. The number of piperazine rings is 1. The molecule has 0 saturated carbocycles. The lowest BCUT2D eigenvalue weighted by Crippen LogP contribution is -2.45. The second-order valence-electron chi connectivity index (χ2n) is 8.21. The van der Waals surface area contributed by atoms with Crippen molar-refractivity contribution in [3.8, 4) is 11.3 Å². The minimum Gasteiger partial charge on any atom is -0.376 e. The highest BCUT2D eigenvalue weighted by Gasteiger charge is 2.23. The molecule has 1 aromatic carbocycles. The summed E-state index contributed by atoms with van der Waals surface area (Å²) < 4.78 is 1.96. The molecule has 164 valence electrons. The standard InChI is InChI=1S/C23H30ClN7/c1-5-18(28(2)3)22-19-20(24)21(17-9-7-6-8-10-17)25-26-23(19)31(27-22)16-15-30-13-11-29(4)12-14-30/h5-10H,11-16H2,1-4H3. The van der Waals surface area contributed by atoms with Crippen LogP contribution in [0.5, 0.6) is 0 Å². The molecule has 0 amide bonds. The second-order valence-corrected chi connectivity index (χ2v) is 8.59. The van der Waals surface area contributed by atoms with Gasteiger partial charge in [0.05, 0.1) is 22.7 Å². The lowest BCUT2D eigenvalue weighted by Gasteiger charge is -2.32. The average Bonchev–Trinajstić information content (AvgIpc) is 3.13. The van der Waals surface area contributed by atoms with Crippen LogP contribution in [0.2, 0.25) is 5.02 Å². The molecule has 7 nitrogen and oxygen atoms in total. The third kappa shape index (κ3) is 4.44. The fourth-order valence-corrected chi connectivity index (χ4v) is 4.37. The number of hydrogen-bond donors (Lipinski definition) is 0. The van der Waals surface area contributed by atoms with Crippen LogP contribution in [0.25, 0.3) is 28.0 Å². The summed E-state index contributed by atoms with van der Waals surface area (Å²) in [7, 11) is 6.21. The first-order valence-corrected chi connectivity index (χ1v) is 11.1. The summed E-state index contributed by atoms with van der Waals surface area (Å²) in [4.78, 5) is 6.90. The van der Waals surface area contributed by atoms with E-state index in [1.54, 1.807) is 0 Å². The first-order chi connectivity index (χ1) is 15.0. The number of allylic oxidation sites excluding steroid dienone is 1. The number of benzene rings is 1. The van der Waals surface area contributed by atoms with Gasteiger partial charge in [0.1, 0.15) is 11.4 Å². The number of aromatic nitrogens is 4. The lowest BCUT2D eigenvalue weighted by atomic mass is 10.1. The van der Waals surface area contributed by atoms with Crippen LogP contribution < -0.4 is 0 Å². The van der Waals surface area contributed by atoms with Crippen LogP contribution in [0.1, 0.15) is 12.6 Å². The Morgan fingerprint density at radius 2 is 1.77 bits per heavy atom. The van der Waals surface area contributed by atoms with Crippen LogP contribution in [0, 0.1) is 0 Å². The topological polar surface area (TPSA) is 53.3 Å². The zero-order valence-corrected chi connectivity index (χ0v) is 19.5. The van der Waals surface area contributed by atoms with Crippen molar-refractivity contribution in [1.29, 1.82) is 0 Å². The number of likely N-dealkylation sites (N-methyl/N-ethyl adjacent to an activating group) is 1. The monoisotopic (exact) mass is 439 g/mol. The SMILES string of the molecule is CC=C(c1nn(CCN2CCN(C)CC2)c2nnc(-c3ccccc3)c(Cl)c12)N(C)C. The van der Waals surface area contributed by atoms with Gasteiger partial charge in [0, 0.05) is 52.4 Å². The predicted molar refractivity (Wildman–Crippen MR) is 127 cm³/mol. The number of halogens is 1. The van der Waals surface area contributed by atoms with E-state index < -0.39 is 0 Å². The molecule has 2 aromatic heterocycles. The molecule has 3 heterocycles. The Balaban J connectivity index is 1.76. The van der Waals surface area contributed by atoms with E-state index >= 15 is 0 Å². The lowest BCUT2D eigenvalue weighted by molar-refractivity contribution is 0.149. The molecule has 1 fully saturated rings. The number of nitrogens with zero attached hydrogens (tertiary/aromatic N) is 7. The number of rotatable bonds is 6. The maximum atomic E-state index is 6.95. The fourth-order valence-electron chi connectivity index (χ4n) is 4.05. The van der Waals surface area contributed by atoms with Gasteiger partial charge in [-0.25, -0.2) is 4.68 Å². The molecule has 0 bridgehead atoms. The minimum absolute atomic E-state index is 0.596. The molecule has 4 rings (SSSR count). The molecule has 0 unspecified atom stereocenters. The smallest absolute Gasteiger partial charge is 0.182 e. The van der Waals surface area contributed by atoms with Gasteiger partial charge in [0.15, 0.2) is 5.65 Å². The van der Waals surface area contributed by atoms with E-state index in [2.05, 4.69) is 38.0 Å². The Kier molecular flexibility index (Phi) is 6.55. The van der Waals surface area contributed by atoms with Crippen molar-refractivity contribution in [3.05, 3.63) is 47.1 Å². The van der Waals surface area contributed by atoms with Crippen LogP contribution >= 0.6 is 11.6 Å². The summed E-state index contributed by atoms with van der Waals surface area (Å²) >= 11 is 6.95. The summed E-state index contributed by atoms with van der Waals surface area (Å²) in [6.45, 7) is 8.04. The summed E-state index contributed by atoms with van der Waals surface area (Å²) in [6, 6.07) is 9.95. The number of fused-ring (bicyclic) bond motifs is 1. The highest BCUT2D eigenvalue weighted by molar-refractivity contribution is 6.38. The van der Waals surface area contributed by atoms with Crippen LogP contribution in [0.3, 0.4) is 0 Å². The van der Waals surface area contributed by atoms with Crippen LogP contribution in [-0.4, -0.2) is 88.5 Å². The van der Waals surface area contributed by atoms with Crippen molar-refractivity contribution in [1.82, 2.24) is 34.7 Å². The zero-order chi connectivity index (χ0) is 22.0. The zero-order valence-electron chi connectivity index (χ0n) is 18.7. The summed E-state index contributed by atoms with van der Waals surface area (Å²) in [5.41, 5.74) is 4.22. The Bertz CT molecular complexity index is 1070. The maximum absolute atomic E-state index is 6.95. The van der Waals surface area contributed by atoms with Gasteiger partial charge in [-0.1, -0.05) is 48.0 Å². The Morgan fingerprint density at radius 3 is 2.42 bits per heavy atom. The van der Waals surface area contributed by atoms with Gasteiger partial charge < -0.3 is 9.80 Å². The van der Waals surface area contributed by atoms with E-state index in [-0.39, 0.29) is 0 Å². The highest BCUT2D eigenvalue weighted by atomic mass is 35.5. The van der Waals surface area contributed by atoms with E-state index in [0.717, 1.165) is 67.3 Å². The Morgan fingerprint density at radius 1 is 1.06 bits per heavy atom. The minimum atomic E-state index is 0.596. The molecular weight excluding hydrogens is 410 g/mol. The van der Waals surface area contributed by atoms with Gasteiger partial charge in [0.2, 0.25) is 0 Å². The molecule has 0 spiro atoms. The van der Waals surface area contributed by atoms with Crippen molar-refractivity contribution >= 4 is 28.3 Å². The molecule has 0 radical (unpaired) electrons. The van der Waals surface area contributed by atoms with E-state index in [4.69, 9.17) is 16.7 Å². The van der Waals surface area contributed by atoms with E-state index in [0.29, 0.717) is 10.7 Å². The molecule has 3 aromatic rings. The molecule has 1 aliphatic rings. The van der Waals surface area contributed by atoms with Gasteiger partial charge in [-0.3, -0.25) is 4.90 Å². The van der Waals surface area contributed by atoms with E-state index in [9.17, 15) is 0 Å². The van der Waals surface area contributed by atoms with Gasteiger partial charge >= 0.3 is 0 Å². The largest absolute Gasteiger partial charge is 0.376 e. The molecule has 1 aliphatic heterocycles. The Labute approximate surface area is 188 Å². The fraction of sp³-hybridized carbons (Fsp3) is 0.435. The first-order valence-electron chi connectivity index (χ1n) is 10.7. The van der Waals surface area contributed by atoms with Crippen molar-refractivity contribution in [2.45, 2.75) is 13.5 Å². The first kappa shape index (κ1) is 21.7. The molecule has 1 saturated heterocycles. The molecule has 0 aliphatic carbocycles. The van der Waals surface area contributed by atoms with Gasteiger partial charge in [-0.15, -0.1) is 10.2 Å². The Hall–Kier alpha value is -2.48. The van der Waals surface area contributed by atoms with Gasteiger partial charge in [0.25, 0.3) is 0 Å². The molecule has 0 N–H and O–H groups in total. The summed E-state index contributed by atoms with van der Waals surface area (Å²) in [5.74, 6) is 0. The second kappa shape index (κ2) is 9.34. The van der Waals surface area contributed by atoms with E-state index in [1.165, 1.54) is 0 Å². The molecule has 0 atom stereocenters. The molecular formula is C23H30ClN7. The number of hydrogen-bond acceptors (Lipinski definition) is 6. The highest BCUT2D eigenvalue weighted by Crippen LogP contribution is 2.36. The third-order valence-electron chi connectivity index (χ3n) is 5.87. The van der Waals surface area contributed by atoms with Gasteiger partial charge in [-0.2, -0.15) is 5.10 Å².